The molecule has 0 radical (unpaired) electrons. The molecule has 0 aliphatic carbocycles. The third kappa shape index (κ3) is 3.77. The average molecular weight is 416 g/mol. The molecule has 1 aromatic carbocycles. The zero-order chi connectivity index (χ0) is 21.3. The number of carbonyl (C=O) groups is 1. The standard InChI is InChI=1S/C20H22F2N6O2/c1-13-2-4-14(5-3-13)10-16-20(21,22)15(6-8-28(16)19(29)30)11-24-17-18-26-25-12-27(18)9-7-23-17/h2-5,7,9,12,15-16H,6,8,10-11H2,1H3,(H,23,24)(H,29,30)/t15?,16-/m1/s1. The second-order valence-electron chi connectivity index (χ2n) is 7.56. The van der Waals surface area contributed by atoms with Gasteiger partial charge in [-0.05, 0) is 25.3 Å². The van der Waals surface area contributed by atoms with E-state index in [0.29, 0.717) is 17.0 Å². The molecule has 3 aromatic rings. The third-order valence-corrected chi connectivity index (χ3v) is 5.61. The SMILES string of the molecule is Cc1ccc(C[C@H]2N(C(=O)O)CCC(CNc3nccn4cnnc34)C2(F)F)cc1. The third-order valence-electron chi connectivity index (χ3n) is 5.61. The molecular formula is C20H22F2N6O2. The van der Waals surface area contributed by atoms with Crippen molar-refractivity contribution in [1.29, 1.82) is 0 Å². The molecule has 1 fully saturated rings. The van der Waals surface area contributed by atoms with Crippen LogP contribution in [0.2, 0.25) is 0 Å². The van der Waals surface area contributed by atoms with Gasteiger partial charge in [0.05, 0.1) is 0 Å². The summed E-state index contributed by atoms with van der Waals surface area (Å²) in [5.74, 6) is -3.90. The molecule has 3 heterocycles. The van der Waals surface area contributed by atoms with Crippen LogP contribution in [-0.4, -0.2) is 60.7 Å². The number of alkyl halides is 2. The van der Waals surface area contributed by atoms with Crippen LogP contribution in [0.25, 0.3) is 5.65 Å². The van der Waals surface area contributed by atoms with Crippen LogP contribution in [0.1, 0.15) is 17.5 Å². The molecule has 0 bridgehead atoms. The first kappa shape index (κ1) is 20.0. The van der Waals surface area contributed by atoms with Crippen LogP contribution in [0.3, 0.4) is 0 Å². The van der Waals surface area contributed by atoms with E-state index in [-0.39, 0.29) is 25.9 Å². The average Bonchev–Trinajstić information content (AvgIpc) is 3.19. The number of rotatable bonds is 5. The summed E-state index contributed by atoms with van der Waals surface area (Å²) < 4.78 is 32.6. The van der Waals surface area contributed by atoms with Crippen molar-refractivity contribution in [1.82, 2.24) is 24.5 Å². The predicted octanol–water partition coefficient (Wildman–Crippen LogP) is 3.09. The molecule has 1 aliphatic rings. The lowest BCUT2D eigenvalue weighted by molar-refractivity contribution is -0.140. The number of likely N-dealkylation sites (tertiary alicyclic amines) is 1. The van der Waals surface area contributed by atoms with Crippen LogP contribution < -0.4 is 5.32 Å². The van der Waals surface area contributed by atoms with Gasteiger partial charge in [0.2, 0.25) is 5.65 Å². The number of hydrogen-bond acceptors (Lipinski definition) is 5. The van der Waals surface area contributed by atoms with Crippen molar-refractivity contribution in [3.63, 3.8) is 0 Å². The lowest BCUT2D eigenvalue weighted by Crippen LogP contribution is -2.60. The largest absolute Gasteiger partial charge is 0.465 e. The van der Waals surface area contributed by atoms with Crippen molar-refractivity contribution in [2.45, 2.75) is 31.7 Å². The fourth-order valence-electron chi connectivity index (χ4n) is 3.89. The van der Waals surface area contributed by atoms with Gasteiger partial charge >= 0.3 is 6.09 Å². The normalized spacial score (nSPS) is 21.0. The minimum atomic E-state index is -3.22. The Labute approximate surface area is 171 Å². The lowest BCUT2D eigenvalue weighted by atomic mass is 9.83. The highest BCUT2D eigenvalue weighted by Crippen LogP contribution is 2.40. The number of benzene rings is 1. The van der Waals surface area contributed by atoms with Gasteiger partial charge in [-0.25, -0.2) is 18.6 Å². The van der Waals surface area contributed by atoms with Gasteiger partial charge in [-0.15, -0.1) is 10.2 Å². The maximum Gasteiger partial charge on any atom is 0.407 e. The van der Waals surface area contributed by atoms with Crippen molar-refractivity contribution >= 4 is 17.6 Å². The molecule has 0 saturated carbocycles. The van der Waals surface area contributed by atoms with E-state index in [2.05, 4.69) is 20.5 Å². The summed E-state index contributed by atoms with van der Waals surface area (Å²) in [6.45, 7) is 1.91. The van der Waals surface area contributed by atoms with E-state index in [4.69, 9.17) is 0 Å². The number of piperidine rings is 1. The van der Waals surface area contributed by atoms with Gasteiger partial charge in [-0.2, -0.15) is 0 Å². The molecule has 2 N–H and O–H groups in total. The Balaban J connectivity index is 1.54. The molecule has 1 unspecified atom stereocenters. The van der Waals surface area contributed by atoms with Gasteiger partial charge in [0.25, 0.3) is 5.92 Å². The number of halogens is 2. The molecule has 10 heteroatoms. The fraction of sp³-hybridized carbons (Fsp3) is 0.400. The first-order chi connectivity index (χ1) is 14.4. The number of nitrogens with zero attached hydrogens (tertiary/aromatic N) is 5. The van der Waals surface area contributed by atoms with Crippen molar-refractivity contribution in [2.24, 2.45) is 5.92 Å². The Morgan fingerprint density at radius 1 is 1.33 bits per heavy atom. The van der Waals surface area contributed by atoms with E-state index in [0.717, 1.165) is 10.5 Å². The molecule has 1 saturated heterocycles. The number of amides is 1. The summed E-state index contributed by atoms with van der Waals surface area (Å²) in [4.78, 5) is 16.7. The summed E-state index contributed by atoms with van der Waals surface area (Å²) in [6, 6.07) is 5.78. The van der Waals surface area contributed by atoms with E-state index in [1.54, 1.807) is 22.7 Å². The molecule has 2 aromatic heterocycles. The van der Waals surface area contributed by atoms with Crippen molar-refractivity contribution in [2.75, 3.05) is 18.4 Å². The minimum Gasteiger partial charge on any atom is -0.465 e. The molecule has 0 spiro atoms. The molecule has 8 nitrogen and oxygen atoms in total. The first-order valence-corrected chi connectivity index (χ1v) is 9.67. The van der Waals surface area contributed by atoms with Crippen LogP contribution in [0, 0.1) is 12.8 Å². The summed E-state index contributed by atoms with van der Waals surface area (Å²) in [6.07, 6.45) is 3.37. The van der Waals surface area contributed by atoms with Gasteiger partial charge in [0.1, 0.15) is 12.4 Å². The van der Waals surface area contributed by atoms with Gasteiger partial charge in [0.15, 0.2) is 5.82 Å². The number of nitrogens with one attached hydrogen (secondary N) is 1. The van der Waals surface area contributed by atoms with E-state index in [1.165, 1.54) is 12.5 Å². The molecule has 1 amide bonds. The van der Waals surface area contributed by atoms with E-state index in [1.807, 2.05) is 19.1 Å². The van der Waals surface area contributed by atoms with E-state index < -0.39 is 24.0 Å². The number of fused-ring (bicyclic) bond motifs is 1. The van der Waals surface area contributed by atoms with E-state index >= 15 is 8.78 Å². The maximum atomic E-state index is 15.5. The van der Waals surface area contributed by atoms with Crippen LogP contribution in [0.15, 0.2) is 43.0 Å². The summed E-state index contributed by atoms with van der Waals surface area (Å²) in [5.41, 5.74) is 2.14. The van der Waals surface area contributed by atoms with E-state index in [9.17, 15) is 9.90 Å². The highest BCUT2D eigenvalue weighted by Gasteiger charge is 2.53. The Bertz CT molecular complexity index is 1040. The van der Waals surface area contributed by atoms with Gasteiger partial charge < -0.3 is 10.4 Å². The molecule has 1 aliphatic heterocycles. The van der Waals surface area contributed by atoms with Gasteiger partial charge in [-0.3, -0.25) is 9.30 Å². The topological polar surface area (TPSA) is 95.7 Å². The lowest BCUT2D eigenvalue weighted by Gasteiger charge is -2.44. The van der Waals surface area contributed by atoms with Gasteiger partial charge in [0, 0.05) is 31.4 Å². The predicted molar refractivity (Wildman–Crippen MR) is 106 cm³/mol. The molecule has 2 atom stereocenters. The second-order valence-corrected chi connectivity index (χ2v) is 7.56. The minimum absolute atomic E-state index is 0.0475. The summed E-state index contributed by atoms with van der Waals surface area (Å²) in [7, 11) is 0. The Hall–Kier alpha value is -3.30. The highest BCUT2D eigenvalue weighted by atomic mass is 19.3. The zero-order valence-electron chi connectivity index (χ0n) is 16.4. The van der Waals surface area contributed by atoms with Crippen LogP contribution in [0.4, 0.5) is 19.4 Å². The fourth-order valence-corrected chi connectivity index (χ4v) is 3.89. The smallest absolute Gasteiger partial charge is 0.407 e. The van der Waals surface area contributed by atoms with Crippen molar-refractivity contribution in [3.05, 3.63) is 54.1 Å². The molecule has 30 heavy (non-hydrogen) atoms. The summed E-state index contributed by atoms with van der Waals surface area (Å²) in [5, 5.41) is 20.2. The number of anilines is 1. The van der Waals surface area contributed by atoms with Crippen molar-refractivity contribution < 1.29 is 18.7 Å². The van der Waals surface area contributed by atoms with Crippen molar-refractivity contribution in [3.8, 4) is 0 Å². The first-order valence-electron chi connectivity index (χ1n) is 9.67. The monoisotopic (exact) mass is 416 g/mol. The Kier molecular flexibility index (Phi) is 5.23. The number of carboxylic acid groups (broad SMARTS) is 1. The van der Waals surface area contributed by atoms with Crippen LogP contribution >= 0.6 is 0 Å². The molecule has 4 rings (SSSR count). The number of aromatic nitrogens is 4. The highest BCUT2D eigenvalue weighted by molar-refractivity contribution is 5.66. The van der Waals surface area contributed by atoms with Gasteiger partial charge in [-0.1, -0.05) is 29.8 Å². The number of aryl methyl sites for hydroxylation is 1. The molecule has 158 valence electrons. The zero-order valence-corrected chi connectivity index (χ0v) is 16.4. The van der Waals surface area contributed by atoms with Crippen LogP contribution in [-0.2, 0) is 6.42 Å². The Morgan fingerprint density at radius 2 is 2.10 bits per heavy atom. The maximum absolute atomic E-state index is 15.5. The summed E-state index contributed by atoms with van der Waals surface area (Å²) >= 11 is 0. The van der Waals surface area contributed by atoms with Crippen LogP contribution in [0.5, 0.6) is 0 Å². The quantitative estimate of drug-likeness (QED) is 0.664. The Morgan fingerprint density at radius 3 is 2.83 bits per heavy atom. The molecular weight excluding hydrogens is 394 g/mol. The number of hydrogen-bond donors (Lipinski definition) is 2. The second kappa shape index (κ2) is 7.85.